The molecule has 3 N–H and O–H groups in total. The van der Waals surface area contributed by atoms with Crippen LogP contribution in [0.25, 0.3) is 0 Å². The quantitative estimate of drug-likeness (QED) is 0.840. The SMILES string of the molecule is Cc1cccc(N2C(N3CCOCC3)=NC(N)=NC2Nc2ccc(C)c(C)c2)c1. The van der Waals surface area contributed by atoms with Crippen LogP contribution < -0.4 is 16.0 Å². The maximum atomic E-state index is 6.14. The first-order valence-electron chi connectivity index (χ1n) is 9.95. The summed E-state index contributed by atoms with van der Waals surface area (Å²) in [5.74, 6) is 1.07. The zero-order valence-electron chi connectivity index (χ0n) is 17.2. The van der Waals surface area contributed by atoms with E-state index >= 15 is 0 Å². The maximum Gasteiger partial charge on any atom is 0.222 e. The van der Waals surface area contributed by atoms with Crippen LogP contribution in [-0.4, -0.2) is 49.4 Å². The molecule has 0 aromatic heterocycles. The van der Waals surface area contributed by atoms with Gasteiger partial charge in [0.2, 0.25) is 18.2 Å². The van der Waals surface area contributed by atoms with Crippen LogP contribution >= 0.6 is 0 Å². The van der Waals surface area contributed by atoms with E-state index in [2.05, 4.69) is 88.3 Å². The molecule has 1 unspecified atom stereocenters. The summed E-state index contributed by atoms with van der Waals surface area (Å²) in [6.45, 7) is 9.19. The lowest BCUT2D eigenvalue weighted by Crippen LogP contribution is -2.57. The standard InChI is InChI=1S/C22H28N6O/c1-15-5-4-6-19(13-15)28-21(24-18-8-7-16(2)17(3)14-18)25-20(23)26-22(28)27-9-11-29-12-10-27/h4-8,13-14,21,24H,9-12H2,1-3H3,(H2,23,25). The highest BCUT2D eigenvalue weighted by atomic mass is 16.5. The molecule has 7 heteroatoms. The summed E-state index contributed by atoms with van der Waals surface area (Å²) in [7, 11) is 0. The fourth-order valence-corrected chi connectivity index (χ4v) is 3.58. The summed E-state index contributed by atoms with van der Waals surface area (Å²) in [4.78, 5) is 13.6. The summed E-state index contributed by atoms with van der Waals surface area (Å²) in [5.41, 5.74) is 11.8. The van der Waals surface area contributed by atoms with Gasteiger partial charge in [-0.25, -0.2) is 4.99 Å². The number of nitrogens with two attached hydrogens (primary N) is 1. The summed E-state index contributed by atoms with van der Waals surface area (Å²) in [6.07, 6.45) is -0.394. The number of hydrogen-bond acceptors (Lipinski definition) is 7. The van der Waals surface area contributed by atoms with E-state index in [1.807, 2.05) is 0 Å². The largest absolute Gasteiger partial charge is 0.378 e. The fraction of sp³-hybridized carbons (Fsp3) is 0.364. The Kier molecular flexibility index (Phi) is 5.40. The number of aliphatic imine (C=N–C) groups is 2. The first kappa shape index (κ1) is 19.3. The molecule has 2 aliphatic heterocycles. The van der Waals surface area contributed by atoms with Gasteiger partial charge in [-0.3, -0.25) is 4.90 Å². The van der Waals surface area contributed by atoms with E-state index in [0.717, 1.165) is 30.4 Å². The van der Waals surface area contributed by atoms with Crippen LogP contribution in [0.2, 0.25) is 0 Å². The van der Waals surface area contributed by atoms with Crippen molar-refractivity contribution in [3.8, 4) is 0 Å². The molecule has 2 aromatic carbocycles. The minimum absolute atomic E-state index is 0.275. The lowest BCUT2D eigenvalue weighted by molar-refractivity contribution is 0.0671. The molecule has 2 heterocycles. The molecule has 0 saturated carbocycles. The number of guanidine groups is 2. The monoisotopic (exact) mass is 392 g/mol. The second-order valence-electron chi connectivity index (χ2n) is 7.52. The van der Waals surface area contributed by atoms with Gasteiger partial charge in [0.1, 0.15) is 0 Å². The summed E-state index contributed by atoms with van der Waals surface area (Å²) in [5, 5.41) is 3.54. The predicted octanol–water partition coefficient (Wildman–Crippen LogP) is 2.83. The van der Waals surface area contributed by atoms with Crippen molar-refractivity contribution in [2.24, 2.45) is 15.7 Å². The van der Waals surface area contributed by atoms with Crippen molar-refractivity contribution in [2.45, 2.75) is 27.1 Å². The third-order valence-corrected chi connectivity index (χ3v) is 5.31. The van der Waals surface area contributed by atoms with E-state index < -0.39 is 6.29 Å². The van der Waals surface area contributed by atoms with Gasteiger partial charge in [-0.05, 0) is 61.7 Å². The Morgan fingerprint density at radius 2 is 1.83 bits per heavy atom. The van der Waals surface area contributed by atoms with E-state index in [9.17, 15) is 0 Å². The molecular formula is C22H28N6O. The number of nitrogens with one attached hydrogen (secondary N) is 1. The number of aryl methyl sites for hydroxylation is 3. The van der Waals surface area contributed by atoms with E-state index in [-0.39, 0.29) is 5.96 Å². The van der Waals surface area contributed by atoms with Crippen LogP contribution in [0.4, 0.5) is 11.4 Å². The van der Waals surface area contributed by atoms with Gasteiger partial charge >= 0.3 is 0 Å². The van der Waals surface area contributed by atoms with E-state index in [1.165, 1.54) is 16.7 Å². The van der Waals surface area contributed by atoms with Gasteiger partial charge in [0.25, 0.3) is 0 Å². The number of morpholine rings is 1. The third-order valence-electron chi connectivity index (χ3n) is 5.31. The van der Waals surface area contributed by atoms with Crippen molar-refractivity contribution in [1.82, 2.24) is 4.90 Å². The van der Waals surface area contributed by atoms with Crippen molar-refractivity contribution in [2.75, 3.05) is 36.5 Å². The van der Waals surface area contributed by atoms with Crippen LogP contribution in [0.1, 0.15) is 16.7 Å². The first-order valence-corrected chi connectivity index (χ1v) is 9.95. The molecule has 0 aliphatic carbocycles. The highest BCUT2D eigenvalue weighted by molar-refractivity contribution is 6.06. The normalized spacial score (nSPS) is 19.6. The number of nitrogens with zero attached hydrogens (tertiary/aromatic N) is 4. The summed E-state index contributed by atoms with van der Waals surface area (Å²) >= 11 is 0. The van der Waals surface area contributed by atoms with Gasteiger partial charge in [-0.2, -0.15) is 4.99 Å². The van der Waals surface area contributed by atoms with Gasteiger partial charge in [-0.1, -0.05) is 18.2 Å². The highest BCUT2D eigenvalue weighted by Crippen LogP contribution is 2.26. The Morgan fingerprint density at radius 3 is 2.55 bits per heavy atom. The van der Waals surface area contributed by atoms with Crippen molar-refractivity contribution < 1.29 is 4.74 Å². The third kappa shape index (κ3) is 4.19. The number of anilines is 2. The average Bonchev–Trinajstić information content (AvgIpc) is 2.71. The second kappa shape index (κ2) is 8.13. The molecule has 29 heavy (non-hydrogen) atoms. The molecule has 152 valence electrons. The maximum absolute atomic E-state index is 6.14. The predicted molar refractivity (Wildman–Crippen MR) is 118 cm³/mol. The Morgan fingerprint density at radius 1 is 1.03 bits per heavy atom. The Balaban J connectivity index is 1.73. The fourth-order valence-electron chi connectivity index (χ4n) is 3.58. The van der Waals surface area contributed by atoms with Gasteiger partial charge < -0.3 is 20.7 Å². The number of rotatable bonds is 3. The Labute approximate surface area is 171 Å². The molecule has 0 spiro atoms. The summed E-state index contributed by atoms with van der Waals surface area (Å²) < 4.78 is 5.53. The van der Waals surface area contributed by atoms with E-state index in [1.54, 1.807) is 0 Å². The molecule has 1 fully saturated rings. The van der Waals surface area contributed by atoms with Crippen LogP contribution in [0.3, 0.4) is 0 Å². The first-order chi connectivity index (χ1) is 14.0. The van der Waals surface area contributed by atoms with E-state index in [0.29, 0.717) is 13.2 Å². The smallest absolute Gasteiger partial charge is 0.222 e. The van der Waals surface area contributed by atoms with Gasteiger partial charge in [-0.15, -0.1) is 0 Å². The molecular weight excluding hydrogens is 364 g/mol. The molecule has 4 rings (SSSR count). The minimum atomic E-state index is -0.394. The topological polar surface area (TPSA) is 78.5 Å². The zero-order chi connectivity index (χ0) is 20.4. The van der Waals surface area contributed by atoms with Crippen molar-refractivity contribution in [3.63, 3.8) is 0 Å². The molecule has 0 radical (unpaired) electrons. The van der Waals surface area contributed by atoms with Crippen molar-refractivity contribution >= 4 is 23.3 Å². The lowest BCUT2D eigenvalue weighted by atomic mass is 10.1. The van der Waals surface area contributed by atoms with Crippen molar-refractivity contribution in [1.29, 1.82) is 0 Å². The van der Waals surface area contributed by atoms with E-state index in [4.69, 9.17) is 10.5 Å². The molecule has 1 atom stereocenters. The average molecular weight is 393 g/mol. The molecule has 1 saturated heterocycles. The van der Waals surface area contributed by atoms with Gasteiger partial charge in [0.15, 0.2) is 0 Å². The minimum Gasteiger partial charge on any atom is -0.378 e. The zero-order valence-corrected chi connectivity index (χ0v) is 17.2. The van der Waals surface area contributed by atoms with Crippen LogP contribution in [0.15, 0.2) is 52.4 Å². The van der Waals surface area contributed by atoms with Crippen LogP contribution in [0, 0.1) is 20.8 Å². The Bertz CT molecular complexity index is 948. The van der Waals surface area contributed by atoms with Crippen LogP contribution in [-0.2, 0) is 4.74 Å². The number of benzene rings is 2. The van der Waals surface area contributed by atoms with Crippen molar-refractivity contribution in [3.05, 3.63) is 59.2 Å². The van der Waals surface area contributed by atoms with Crippen LogP contribution in [0.5, 0.6) is 0 Å². The van der Waals surface area contributed by atoms with Gasteiger partial charge in [0, 0.05) is 24.5 Å². The second-order valence-corrected chi connectivity index (χ2v) is 7.52. The number of hydrogen-bond donors (Lipinski definition) is 2. The number of ether oxygens (including phenoxy) is 1. The molecule has 2 aromatic rings. The molecule has 0 bridgehead atoms. The van der Waals surface area contributed by atoms with Gasteiger partial charge in [0.05, 0.1) is 13.2 Å². The molecule has 7 nitrogen and oxygen atoms in total. The molecule has 0 amide bonds. The summed E-state index contributed by atoms with van der Waals surface area (Å²) in [6, 6.07) is 14.7. The molecule has 2 aliphatic rings. The lowest BCUT2D eigenvalue weighted by Gasteiger charge is -2.41. The highest BCUT2D eigenvalue weighted by Gasteiger charge is 2.32. The Hall–Kier alpha value is -3.06.